The lowest BCUT2D eigenvalue weighted by molar-refractivity contribution is 0.395. The molecule has 2 aromatic rings. The van der Waals surface area contributed by atoms with E-state index >= 15 is 0 Å². The fourth-order valence-corrected chi connectivity index (χ4v) is 2.22. The summed E-state index contributed by atoms with van der Waals surface area (Å²) in [6, 6.07) is 11.2. The van der Waals surface area contributed by atoms with E-state index in [1.807, 2.05) is 30.3 Å². The van der Waals surface area contributed by atoms with Crippen molar-refractivity contribution in [1.29, 1.82) is 0 Å². The van der Waals surface area contributed by atoms with E-state index in [2.05, 4.69) is 5.32 Å². The molecular weight excluding hydrogens is 290 g/mol. The summed E-state index contributed by atoms with van der Waals surface area (Å²) >= 11 is 6.03. The van der Waals surface area contributed by atoms with Gasteiger partial charge in [0.05, 0.1) is 27.0 Å². The molecule has 0 saturated heterocycles. The Morgan fingerprint density at radius 3 is 2.33 bits per heavy atom. The van der Waals surface area contributed by atoms with Gasteiger partial charge in [0.15, 0.2) is 0 Å². The second-order valence-electron chi connectivity index (χ2n) is 4.38. The molecule has 112 valence electrons. The second kappa shape index (κ2) is 7.09. The highest BCUT2D eigenvalue weighted by atomic mass is 35.5. The van der Waals surface area contributed by atoms with Crippen molar-refractivity contribution in [2.24, 2.45) is 0 Å². The van der Waals surface area contributed by atoms with E-state index in [4.69, 9.17) is 25.8 Å². The maximum atomic E-state index is 6.03. The number of ether oxygens (including phenoxy) is 3. The Hall–Kier alpha value is -2.07. The van der Waals surface area contributed by atoms with Gasteiger partial charge >= 0.3 is 0 Å². The number of rotatable bonds is 6. The van der Waals surface area contributed by atoms with E-state index in [-0.39, 0.29) is 0 Å². The summed E-state index contributed by atoms with van der Waals surface area (Å²) in [5.74, 6) is 2.26. The van der Waals surface area contributed by atoms with Crippen molar-refractivity contribution in [2.75, 3.05) is 26.6 Å². The summed E-state index contributed by atoms with van der Waals surface area (Å²) < 4.78 is 15.9. The average Bonchev–Trinajstić information content (AvgIpc) is 2.52. The van der Waals surface area contributed by atoms with Crippen molar-refractivity contribution in [3.63, 3.8) is 0 Å². The first-order valence-corrected chi connectivity index (χ1v) is 6.84. The number of methoxy groups -OCH3 is 3. The lowest BCUT2D eigenvalue weighted by Crippen LogP contribution is -2.03. The number of hydrogen-bond donors (Lipinski definition) is 1. The summed E-state index contributed by atoms with van der Waals surface area (Å²) in [6.45, 7) is 0.576. The van der Waals surface area contributed by atoms with Gasteiger partial charge in [-0.1, -0.05) is 11.6 Å². The zero-order chi connectivity index (χ0) is 15.2. The van der Waals surface area contributed by atoms with Crippen LogP contribution < -0.4 is 19.5 Å². The highest BCUT2D eigenvalue weighted by Crippen LogP contribution is 2.30. The van der Waals surface area contributed by atoms with Gasteiger partial charge in [-0.2, -0.15) is 0 Å². The highest BCUT2D eigenvalue weighted by molar-refractivity contribution is 6.30. The fourth-order valence-electron chi connectivity index (χ4n) is 2.02. The van der Waals surface area contributed by atoms with Crippen molar-refractivity contribution in [3.8, 4) is 17.2 Å². The molecule has 0 radical (unpaired) electrons. The van der Waals surface area contributed by atoms with Crippen molar-refractivity contribution in [1.82, 2.24) is 0 Å². The summed E-state index contributed by atoms with van der Waals surface area (Å²) in [7, 11) is 4.89. The van der Waals surface area contributed by atoms with Crippen LogP contribution in [0, 0.1) is 0 Å². The van der Waals surface area contributed by atoms with Gasteiger partial charge in [0.2, 0.25) is 0 Å². The van der Waals surface area contributed by atoms with Crippen LogP contribution in [0.3, 0.4) is 0 Å². The molecule has 0 saturated carbocycles. The molecule has 0 aliphatic rings. The Balaban J connectivity index is 2.18. The monoisotopic (exact) mass is 307 g/mol. The second-order valence-corrected chi connectivity index (χ2v) is 4.81. The van der Waals surface area contributed by atoms with Crippen LogP contribution in [0.4, 0.5) is 5.69 Å². The van der Waals surface area contributed by atoms with Gasteiger partial charge in [0.25, 0.3) is 0 Å². The minimum absolute atomic E-state index is 0.576. The molecule has 4 nitrogen and oxygen atoms in total. The van der Waals surface area contributed by atoms with Crippen LogP contribution in [0.15, 0.2) is 36.4 Å². The number of anilines is 1. The molecule has 5 heteroatoms. The Labute approximate surface area is 129 Å². The Morgan fingerprint density at radius 1 is 0.905 bits per heavy atom. The molecule has 0 aliphatic carbocycles. The molecule has 21 heavy (non-hydrogen) atoms. The largest absolute Gasteiger partial charge is 0.497 e. The summed E-state index contributed by atoms with van der Waals surface area (Å²) in [5, 5.41) is 3.99. The third-order valence-corrected chi connectivity index (χ3v) is 3.36. The average molecular weight is 308 g/mol. The molecule has 0 aliphatic heterocycles. The van der Waals surface area contributed by atoms with E-state index in [1.165, 1.54) is 0 Å². The first-order chi connectivity index (χ1) is 10.2. The Bertz CT molecular complexity index is 616. The molecule has 0 unspecified atom stereocenters. The highest BCUT2D eigenvalue weighted by Gasteiger charge is 2.07. The van der Waals surface area contributed by atoms with Gasteiger partial charge in [-0.15, -0.1) is 0 Å². The van der Waals surface area contributed by atoms with Crippen molar-refractivity contribution < 1.29 is 14.2 Å². The van der Waals surface area contributed by atoms with Crippen molar-refractivity contribution in [3.05, 3.63) is 47.0 Å². The fraction of sp³-hybridized carbons (Fsp3) is 0.250. The minimum Gasteiger partial charge on any atom is -0.497 e. The van der Waals surface area contributed by atoms with Crippen LogP contribution in [-0.2, 0) is 6.54 Å². The van der Waals surface area contributed by atoms with E-state index in [0.29, 0.717) is 11.6 Å². The smallest absolute Gasteiger partial charge is 0.145 e. The number of nitrogens with one attached hydrogen (secondary N) is 1. The standard InChI is InChI=1S/C16H18ClNO3/c1-19-13-5-6-14(16(9-13)21-3)18-10-11-8-12(17)4-7-15(11)20-2/h4-9,18H,10H2,1-3H3. The summed E-state index contributed by atoms with van der Waals surface area (Å²) in [4.78, 5) is 0. The minimum atomic E-state index is 0.576. The van der Waals surface area contributed by atoms with Gasteiger partial charge in [0.1, 0.15) is 17.2 Å². The van der Waals surface area contributed by atoms with Crippen LogP contribution in [0.1, 0.15) is 5.56 Å². The lowest BCUT2D eigenvalue weighted by atomic mass is 10.2. The van der Waals surface area contributed by atoms with Crippen LogP contribution in [0.25, 0.3) is 0 Å². The van der Waals surface area contributed by atoms with E-state index in [1.54, 1.807) is 27.4 Å². The summed E-state index contributed by atoms with van der Waals surface area (Å²) in [5.41, 5.74) is 1.85. The lowest BCUT2D eigenvalue weighted by Gasteiger charge is -2.14. The van der Waals surface area contributed by atoms with Crippen LogP contribution in [0.2, 0.25) is 5.02 Å². The molecule has 1 N–H and O–H groups in total. The van der Waals surface area contributed by atoms with E-state index < -0.39 is 0 Å². The topological polar surface area (TPSA) is 39.7 Å². The SMILES string of the molecule is COc1ccc(NCc2cc(Cl)ccc2OC)c(OC)c1. The maximum Gasteiger partial charge on any atom is 0.145 e. The molecule has 0 aromatic heterocycles. The molecule has 0 spiro atoms. The van der Waals surface area contributed by atoms with E-state index in [9.17, 15) is 0 Å². The van der Waals surface area contributed by atoms with Crippen LogP contribution in [0.5, 0.6) is 17.2 Å². The number of hydrogen-bond acceptors (Lipinski definition) is 4. The maximum absolute atomic E-state index is 6.03. The Kier molecular flexibility index (Phi) is 5.17. The third kappa shape index (κ3) is 3.73. The van der Waals surface area contributed by atoms with Crippen LogP contribution >= 0.6 is 11.6 Å². The number of benzene rings is 2. The molecule has 2 rings (SSSR count). The summed E-state index contributed by atoms with van der Waals surface area (Å²) in [6.07, 6.45) is 0. The first kappa shape index (κ1) is 15.3. The van der Waals surface area contributed by atoms with E-state index in [0.717, 1.165) is 28.5 Å². The molecule has 0 bridgehead atoms. The molecule has 0 atom stereocenters. The molecule has 2 aromatic carbocycles. The molecule has 0 amide bonds. The predicted octanol–water partition coefficient (Wildman–Crippen LogP) is 3.98. The quantitative estimate of drug-likeness (QED) is 0.876. The van der Waals surface area contributed by atoms with Gasteiger partial charge in [-0.3, -0.25) is 0 Å². The van der Waals surface area contributed by atoms with Gasteiger partial charge in [-0.05, 0) is 30.3 Å². The zero-order valence-corrected chi connectivity index (χ0v) is 13.0. The Morgan fingerprint density at radius 2 is 1.67 bits per heavy atom. The van der Waals surface area contributed by atoms with Crippen molar-refractivity contribution in [2.45, 2.75) is 6.54 Å². The third-order valence-electron chi connectivity index (χ3n) is 3.12. The predicted molar refractivity (Wildman–Crippen MR) is 84.9 cm³/mol. The molecule has 0 heterocycles. The normalized spacial score (nSPS) is 10.1. The zero-order valence-electron chi connectivity index (χ0n) is 12.3. The molecular formula is C16H18ClNO3. The van der Waals surface area contributed by atoms with Gasteiger partial charge in [0, 0.05) is 23.2 Å². The van der Waals surface area contributed by atoms with Gasteiger partial charge < -0.3 is 19.5 Å². The molecule has 0 fully saturated rings. The van der Waals surface area contributed by atoms with Crippen molar-refractivity contribution >= 4 is 17.3 Å². The van der Waals surface area contributed by atoms with Crippen LogP contribution in [-0.4, -0.2) is 21.3 Å². The number of halogens is 1. The first-order valence-electron chi connectivity index (χ1n) is 6.46. The van der Waals surface area contributed by atoms with Gasteiger partial charge in [-0.25, -0.2) is 0 Å².